The highest BCUT2D eigenvalue weighted by molar-refractivity contribution is 5.80. The molecule has 0 saturated carbocycles. The standard InChI is InChI=1S/C36H48O7/c1-5-7-9-11-12-13-17-29-18-14-15-19-34(29)41-35(37)36(40-28-16-10-8-6-2,42-32-24-20-30(38-3)21-25-32)43-33-26-22-31(39-4)23-27-33/h14-15,18-27H,5-13,16-17,28H2,1-4H3. The van der Waals surface area contributed by atoms with Crippen molar-refractivity contribution in [2.24, 2.45) is 0 Å². The van der Waals surface area contributed by atoms with Gasteiger partial charge in [0.15, 0.2) is 0 Å². The zero-order valence-electron chi connectivity index (χ0n) is 26.3. The van der Waals surface area contributed by atoms with Gasteiger partial charge in [-0.3, -0.25) is 4.74 Å². The summed E-state index contributed by atoms with van der Waals surface area (Å²) in [4.78, 5) is 14.2. The van der Waals surface area contributed by atoms with Gasteiger partial charge in [-0.05, 0) is 79.4 Å². The van der Waals surface area contributed by atoms with Gasteiger partial charge in [0.25, 0.3) is 0 Å². The predicted molar refractivity (Wildman–Crippen MR) is 169 cm³/mol. The molecule has 3 aromatic carbocycles. The summed E-state index contributed by atoms with van der Waals surface area (Å²) in [5.74, 6) is -0.508. The first-order chi connectivity index (χ1) is 21.0. The smallest absolute Gasteiger partial charge is 0.477 e. The van der Waals surface area contributed by atoms with Crippen molar-refractivity contribution in [1.82, 2.24) is 0 Å². The summed E-state index contributed by atoms with van der Waals surface area (Å²) < 4.78 is 35.4. The largest absolute Gasteiger partial charge is 0.497 e. The Morgan fingerprint density at radius 1 is 0.605 bits per heavy atom. The van der Waals surface area contributed by atoms with Crippen LogP contribution >= 0.6 is 0 Å². The summed E-state index contributed by atoms with van der Waals surface area (Å²) in [7, 11) is 3.18. The number of benzene rings is 3. The Bertz CT molecular complexity index is 1140. The summed E-state index contributed by atoms with van der Waals surface area (Å²) >= 11 is 0. The van der Waals surface area contributed by atoms with Gasteiger partial charge < -0.3 is 23.7 Å². The lowest BCUT2D eigenvalue weighted by atomic mass is 10.0. The number of aryl methyl sites for hydroxylation is 1. The Hall–Kier alpha value is -3.71. The molecule has 0 spiro atoms. The molecule has 0 saturated heterocycles. The first-order valence-corrected chi connectivity index (χ1v) is 15.6. The van der Waals surface area contributed by atoms with E-state index >= 15 is 0 Å². The van der Waals surface area contributed by atoms with E-state index in [-0.39, 0.29) is 6.61 Å². The van der Waals surface area contributed by atoms with Crippen molar-refractivity contribution in [2.75, 3.05) is 20.8 Å². The molecule has 0 radical (unpaired) electrons. The molecule has 0 atom stereocenters. The van der Waals surface area contributed by atoms with Crippen LogP contribution in [0.4, 0.5) is 0 Å². The fraction of sp³-hybridized carbons (Fsp3) is 0.472. The second kappa shape index (κ2) is 18.7. The third-order valence-corrected chi connectivity index (χ3v) is 7.14. The van der Waals surface area contributed by atoms with E-state index < -0.39 is 11.9 Å². The number of carbonyl (C=O) groups is 1. The quantitative estimate of drug-likeness (QED) is 0.0529. The van der Waals surface area contributed by atoms with Gasteiger partial charge in [0, 0.05) is 0 Å². The summed E-state index contributed by atoms with van der Waals surface area (Å²) in [5.41, 5.74) is 0.956. The van der Waals surface area contributed by atoms with Crippen LogP contribution in [-0.2, 0) is 16.0 Å². The third kappa shape index (κ3) is 11.1. The summed E-state index contributed by atoms with van der Waals surface area (Å²) in [6.07, 6.45) is 11.7. The first-order valence-electron chi connectivity index (χ1n) is 15.6. The SMILES string of the molecule is CCCCCCCCc1ccccc1OC(=O)C(OCCCCCC)(Oc1ccc(OC)cc1)Oc1ccc(OC)cc1. The van der Waals surface area contributed by atoms with Crippen molar-refractivity contribution in [2.45, 2.75) is 90.4 Å². The molecule has 0 fully saturated rings. The average Bonchev–Trinajstić information content (AvgIpc) is 3.04. The molecule has 43 heavy (non-hydrogen) atoms. The Morgan fingerprint density at radius 3 is 1.65 bits per heavy atom. The molecule has 234 valence electrons. The number of esters is 1. The number of para-hydroxylation sites is 1. The van der Waals surface area contributed by atoms with Crippen LogP contribution in [0, 0.1) is 0 Å². The molecule has 7 nitrogen and oxygen atoms in total. The van der Waals surface area contributed by atoms with E-state index in [1.807, 2.05) is 18.2 Å². The minimum absolute atomic E-state index is 0.237. The van der Waals surface area contributed by atoms with Gasteiger partial charge in [-0.2, -0.15) is 0 Å². The van der Waals surface area contributed by atoms with Crippen LogP contribution < -0.4 is 23.7 Å². The fourth-order valence-corrected chi connectivity index (χ4v) is 4.62. The Labute approximate surface area is 257 Å². The first kappa shape index (κ1) is 33.8. The summed E-state index contributed by atoms with van der Waals surface area (Å²) in [5, 5.41) is 0. The number of rotatable bonds is 21. The number of hydrogen-bond donors (Lipinski definition) is 0. The number of carbonyl (C=O) groups excluding carboxylic acids is 1. The minimum atomic E-state index is -2.21. The van der Waals surface area contributed by atoms with Crippen molar-refractivity contribution in [1.29, 1.82) is 0 Å². The van der Waals surface area contributed by atoms with E-state index in [9.17, 15) is 4.79 Å². The van der Waals surface area contributed by atoms with Gasteiger partial charge in [-0.25, -0.2) is 4.79 Å². The van der Waals surface area contributed by atoms with Crippen LogP contribution in [0.5, 0.6) is 28.7 Å². The van der Waals surface area contributed by atoms with Crippen molar-refractivity contribution in [3.8, 4) is 28.7 Å². The second-order valence-corrected chi connectivity index (χ2v) is 10.5. The highest BCUT2D eigenvalue weighted by Gasteiger charge is 2.49. The zero-order chi connectivity index (χ0) is 30.8. The molecule has 3 rings (SSSR count). The molecule has 3 aromatic rings. The van der Waals surface area contributed by atoms with Crippen molar-refractivity contribution < 1.29 is 33.2 Å². The van der Waals surface area contributed by atoms with Crippen LogP contribution in [0.1, 0.15) is 83.6 Å². The van der Waals surface area contributed by atoms with Crippen LogP contribution in [-0.4, -0.2) is 32.8 Å². The molecule has 0 heterocycles. The molecule has 0 aliphatic rings. The lowest BCUT2D eigenvalue weighted by molar-refractivity contribution is -0.291. The van der Waals surface area contributed by atoms with E-state index in [0.717, 1.165) is 50.5 Å². The molecule has 7 heteroatoms. The molecule has 0 aromatic heterocycles. The van der Waals surface area contributed by atoms with E-state index in [0.29, 0.717) is 28.7 Å². The maximum absolute atomic E-state index is 14.2. The van der Waals surface area contributed by atoms with Gasteiger partial charge in [0.2, 0.25) is 0 Å². The van der Waals surface area contributed by atoms with Crippen LogP contribution in [0.25, 0.3) is 0 Å². The van der Waals surface area contributed by atoms with E-state index in [1.165, 1.54) is 25.7 Å². The lowest BCUT2D eigenvalue weighted by Crippen LogP contribution is -2.55. The fourth-order valence-electron chi connectivity index (χ4n) is 4.62. The maximum atomic E-state index is 14.2. The normalized spacial score (nSPS) is 11.2. The van der Waals surface area contributed by atoms with Gasteiger partial charge in [0.1, 0.15) is 28.7 Å². The number of hydrogen-bond acceptors (Lipinski definition) is 7. The van der Waals surface area contributed by atoms with Gasteiger partial charge in [-0.1, -0.05) is 83.4 Å². The highest BCUT2D eigenvalue weighted by atomic mass is 16.9. The Kier molecular flexibility index (Phi) is 14.7. The lowest BCUT2D eigenvalue weighted by Gasteiger charge is -2.31. The average molecular weight is 593 g/mol. The molecule has 0 aliphatic heterocycles. The van der Waals surface area contributed by atoms with Crippen molar-refractivity contribution in [3.05, 3.63) is 78.4 Å². The van der Waals surface area contributed by atoms with Crippen molar-refractivity contribution >= 4 is 5.97 Å². The summed E-state index contributed by atoms with van der Waals surface area (Å²) in [6, 6.07) is 21.4. The summed E-state index contributed by atoms with van der Waals surface area (Å²) in [6.45, 7) is 4.60. The third-order valence-electron chi connectivity index (χ3n) is 7.14. The predicted octanol–water partition coefficient (Wildman–Crippen LogP) is 8.92. The number of ether oxygens (including phenoxy) is 6. The van der Waals surface area contributed by atoms with E-state index in [1.54, 1.807) is 68.8 Å². The van der Waals surface area contributed by atoms with E-state index in [2.05, 4.69) is 13.8 Å². The molecular weight excluding hydrogens is 544 g/mol. The molecule has 0 bridgehead atoms. The van der Waals surface area contributed by atoms with Gasteiger partial charge in [0.05, 0.1) is 20.8 Å². The van der Waals surface area contributed by atoms with Gasteiger partial charge >= 0.3 is 11.9 Å². The molecule has 0 amide bonds. The topological polar surface area (TPSA) is 72.5 Å². The Morgan fingerprint density at radius 2 is 1.09 bits per heavy atom. The number of unbranched alkanes of at least 4 members (excludes halogenated alkanes) is 8. The molecule has 0 unspecified atom stereocenters. The second-order valence-electron chi connectivity index (χ2n) is 10.5. The zero-order valence-corrected chi connectivity index (χ0v) is 26.3. The van der Waals surface area contributed by atoms with Crippen LogP contribution in [0.2, 0.25) is 0 Å². The van der Waals surface area contributed by atoms with Crippen LogP contribution in [0.15, 0.2) is 72.8 Å². The molecule has 0 aliphatic carbocycles. The highest BCUT2D eigenvalue weighted by Crippen LogP contribution is 2.31. The van der Waals surface area contributed by atoms with Crippen LogP contribution in [0.3, 0.4) is 0 Å². The van der Waals surface area contributed by atoms with Crippen molar-refractivity contribution in [3.63, 3.8) is 0 Å². The minimum Gasteiger partial charge on any atom is -0.497 e. The monoisotopic (exact) mass is 592 g/mol. The van der Waals surface area contributed by atoms with E-state index in [4.69, 9.17) is 28.4 Å². The maximum Gasteiger partial charge on any atom is 0.477 e. The molecule has 0 N–H and O–H groups in total. The number of methoxy groups -OCH3 is 2. The Balaban J connectivity index is 1.90. The molecular formula is C36H48O7. The van der Waals surface area contributed by atoms with Gasteiger partial charge in [-0.15, -0.1) is 0 Å².